The van der Waals surface area contributed by atoms with E-state index in [-0.39, 0.29) is 18.1 Å². The van der Waals surface area contributed by atoms with E-state index in [0.29, 0.717) is 17.8 Å². The first-order chi connectivity index (χ1) is 14.8. The van der Waals surface area contributed by atoms with E-state index in [1.807, 2.05) is 4.90 Å². The van der Waals surface area contributed by atoms with E-state index in [4.69, 9.17) is 0 Å². The molecule has 1 spiro atoms. The molecule has 2 N–H and O–H groups in total. The summed E-state index contributed by atoms with van der Waals surface area (Å²) in [7, 11) is 1.45. The molecule has 2 heterocycles. The van der Waals surface area contributed by atoms with Gasteiger partial charge in [-0.05, 0) is 63.1 Å². The van der Waals surface area contributed by atoms with E-state index >= 15 is 0 Å². The summed E-state index contributed by atoms with van der Waals surface area (Å²) in [5.41, 5.74) is 1.21. The average Bonchev–Trinajstić information content (AvgIpc) is 3.08. The topological polar surface area (TPSA) is 108 Å². The Morgan fingerprint density at radius 1 is 1.23 bits per heavy atom. The fraction of sp³-hybridized carbons (Fsp3) is 0.609. The van der Waals surface area contributed by atoms with Crippen LogP contribution < -0.4 is 9.80 Å². The predicted octanol–water partition coefficient (Wildman–Crippen LogP) is 2.79. The molecule has 166 valence electrons. The first kappa shape index (κ1) is 21.4. The van der Waals surface area contributed by atoms with Gasteiger partial charge in [0.05, 0.1) is 22.8 Å². The SMILES string of the molecule is CN(C(=O)O)c1ccc(N2CCCC3(CCN(C4CCC(O)CC4)C3=O)C2)c(C#N)c1. The Bertz CT molecular complexity index is 905. The summed E-state index contributed by atoms with van der Waals surface area (Å²) in [5, 5.41) is 28.7. The van der Waals surface area contributed by atoms with Gasteiger partial charge in [0.25, 0.3) is 0 Å². The number of piperidine rings is 1. The highest BCUT2D eigenvalue weighted by molar-refractivity contribution is 5.87. The van der Waals surface area contributed by atoms with Gasteiger partial charge in [0.15, 0.2) is 0 Å². The molecule has 0 radical (unpaired) electrons. The molecule has 1 unspecified atom stereocenters. The van der Waals surface area contributed by atoms with Crippen molar-refractivity contribution in [3.8, 4) is 6.07 Å². The van der Waals surface area contributed by atoms with Gasteiger partial charge in [-0.3, -0.25) is 9.69 Å². The van der Waals surface area contributed by atoms with Crippen LogP contribution in [0.15, 0.2) is 18.2 Å². The Kier molecular flexibility index (Phi) is 5.80. The van der Waals surface area contributed by atoms with Crippen LogP contribution >= 0.6 is 0 Å². The molecule has 2 aliphatic heterocycles. The van der Waals surface area contributed by atoms with Crippen LogP contribution in [-0.2, 0) is 4.79 Å². The third-order valence-electron chi connectivity index (χ3n) is 7.35. The lowest BCUT2D eigenvalue weighted by Gasteiger charge is -2.41. The van der Waals surface area contributed by atoms with Crippen LogP contribution in [0.3, 0.4) is 0 Å². The first-order valence-corrected chi connectivity index (χ1v) is 11.1. The van der Waals surface area contributed by atoms with Crippen LogP contribution in [0.1, 0.15) is 50.5 Å². The maximum absolute atomic E-state index is 13.5. The van der Waals surface area contributed by atoms with Crippen molar-refractivity contribution in [2.45, 2.75) is 57.1 Å². The van der Waals surface area contributed by atoms with Gasteiger partial charge in [0.2, 0.25) is 5.91 Å². The van der Waals surface area contributed by atoms with Gasteiger partial charge in [-0.15, -0.1) is 0 Å². The minimum Gasteiger partial charge on any atom is -0.465 e. The number of carboxylic acid groups (broad SMARTS) is 1. The van der Waals surface area contributed by atoms with E-state index in [9.17, 15) is 25.1 Å². The molecule has 3 fully saturated rings. The Labute approximate surface area is 182 Å². The maximum atomic E-state index is 13.5. The average molecular weight is 427 g/mol. The highest BCUT2D eigenvalue weighted by atomic mass is 16.4. The van der Waals surface area contributed by atoms with Crippen molar-refractivity contribution in [3.05, 3.63) is 23.8 Å². The normalized spacial score (nSPS) is 28.6. The maximum Gasteiger partial charge on any atom is 0.411 e. The van der Waals surface area contributed by atoms with Crippen molar-refractivity contribution in [3.63, 3.8) is 0 Å². The number of amides is 2. The van der Waals surface area contributed by atoms with Gasteiger partial charge in [-0.25, -0.2) is 4.79 Å². The van der Waals surface area contributed by atoms with E-state index in [1.165, 1.54) is 7.05 Å². The number of aliphatic hydroxyl groups is 1. The largest absolute Gasteiger partial charge is 0.465 e. The van der Waals surface area contributed by atoms with Gasteiger partial charge in [-0.2, -0.15) is 5.26 Å². The Morgan fingerprint density at radius 3 is 2.65 bits per heavy atom. The summed E-state index contributed by atoms with van der Waals surface area (Å²) in [4.78, 5) is 30.0. The number of rotatable bonds is 3. The molecular weight excluding hydrogens is 396 g/mol. The lowest BCUT2D eigenvalue weighted by molar-refractivity contribution is -0.139. The van der Waals surface area contributed by atoms with Gasteiger partial charge in [-0.1, -0.05) is 0 Å². The molecule has 0 aromatic heterocycles. The summed E-state index contributed by atoms with van der Waals surface area (Å²) in [6.07, 6.45) is 4.49. The van der Waals surface area contributed by atoms with Crippen molar-refractivity contribution in [1.82, 2.24) is 4.90 Å². The number of aliphatic hydroxyl groups excluding tert-OH is 1. The van der Waals surface area contributed by atoms with Gasteiger partial charge in [0, 0.05) is 38.4 Å². The monoisotopic (exact) mass is 426 g/mol. The predicted molar refractivity (Wildman–Crippen MR) is 116 cm³/mol. The van der Waals surface area contributed by atoms with Gasteiger partial charge < -0.3 is 20.0 Å². The van der Waals surface area contributed by atoms with Crippen molar-refractivity contribution < 1.29 is 19.8 Å². The Balaban J connectivity index is 1.53. The zero-order valence-corrected chi connectivity index (χ0v) is 18.0. The summed E-state index contributed by atoms with van der Waals surface area (Å²) in [6, 6.07) is 7.54. The van der Waals surface area contributed by atoms with Gasteiger partial charge in [0.1, 0.15) is 6.07 Å². The van der Waals surface area contributed by atoms with Crippen LogP contribution in [-0.4, -0.2) is 65.9 Å². The number of likely N-dealkylation sites (tertiary alicyclic amines) is 1. The van der Waals surface area contributed by atoms with E-state index < -0.39 is 11.5 Å². The van der Waals surface area contributed by atoms with Crippen molar-refractivity contribution in [1.29, 1.82) is 5.26 Å². The molecular formula is C23H30N4O4. The molecule has 1 aromatic carbocycles. The number of benzene rings is 1. The minimum absolute atomic E-state index is 0.222. The zero-order valence-electron chi connectivity index (χ0n) is 18.0. The zero-order chi connectivity index (χ0) is 22.2. The molecule has 2 amide bonds. The van der Waals surface area contributed by atoms with Crippen LogP contribution in [0.2, 0.25) is 0 Å². The second kappa shape index (κ2) is 8.39. The summed E-state index contributed by atoms with van der Waals surface area (Å²) in [5.74, 6) is 0.222. The molecule has 1 saturated carbocycles. The third-order valence-corrected chi connectivity index (χ3v) is 7.35. The number of nitrogens with zero attached hydrogens (tertiary/aromatic N) is 4. The number of hydrogen-bond acceptors (Lipinski definition) is 5. The van der Waals surface area contributed by atoms with Crippen molar-refractivity contribution >= 4 is 23.4 Å². The quantitative estimate of drug-likeness (QED) is 0.769. The second-order valence-corrected chi connectivity index (χ2v) is 9.17. The lowest BCUT2D eigenvalue weighted by atomic mass is 9.78. The molecule has 1 atom stereocenters. The number of nitriles is 1. The van der Waals surface area contributed by atoms with Gasteiger partial charge >= 0.3 is 6.09 Å². The van der Waals surface area contributed by atoms with Crippen LogP contribution in [0.5, 0.6) is 0 Å². The van der Waals surface area contributed by atoms with Crippen molar-refractivity contribution in [2.24, 2.45) is 5.41 Å². The first-order valence-electron chi connectivity index (χ1n) is 11.1. The van der Waals surface area contributed by atoms with E-state index in [0.717, 1.165) is 68.6 Å². The Morgan fingerprint density at radius 2 is 1.97 bits per heavy atom. The highest BCUT2D eigenvalue weighted by Crippen LogP contribution is 2.44. The summed E-state index contributed by atoms with van der Waals surface area (Å²) < 4.78 is 0. The van der Waals surface area contributed by atoms with Crippen LogP contribution in [0.25, 0.3) is 0 Å². The minimum atomic E-state index is -1.08. The fourth-order valence-electron chi connectivity index (χ4n) is 5.49. The summed E-state index contributed by atoms with van der Waals surface area (Å²) >= 11 is 0. The van der Waals surface area contributed by atoms with Crippen LogP contribution in [0, 0.1) is 16.7 Å². The number of carbonyl (C=O) groups excluding carboxylic acids is 1. The number of carbonyl (C=O) groups is 2. The second-order valence-electron chi connectivity index (χ2n) is 9.17. The Hall–Kier alpha value is -2.79. The van der Waals surface area contributed by atoms with E-state index in [1.54, 1.807) is 18.2 Å². The smallest absolute Gasteiger partial charge is 0.411 e. The van der Waals surface area contributed by atoms with E-state index in [2.05, 4.69) is 11.0 Å². The summed E-state index contributed by atoms with van der Waals surface area (Å²) in [6.45, 7) is 2.12. The number of anilines is 2. The lowest BCUT2D eigenvalue weighted by Crippen LogP contribution is -2.50. The molecule has 8 heteroatoms. The molecule has 3 aliphatic rings. The molecule has 0 bridgehead atoms. The van der Waals surface area contributed by atoms with Crippen molar-refractivity contribution in [2.75, 3.05) is 36.5 Å². The molecule has 2 saturated heterocycles. The number of hydrogen-bond donors (Lipinski definition) is 2. The molecule has 1 aliphatic carbocycles. The fourth-order valence-corrected chi connectivity index (χ4v) is 5.49. The molecule has 8 nitrogen and oxygen atoms in total. The van der Waals surface area contributed by atoms with Crippen LogP contribution in [0.4, 0.5) is 16.2 Å². The highest BCUT2D eigenvalue weighted by Gasteiger charge is 2.50. The molecule has 31 heavy (non-hydrogen) atoms. The third kappa shape index (κ3) is 3.94. The molecule has 4 rings (SSSR count). The standard InChI is InChI=1S/C23H30N4O4/c1-25(22(30)31)18-5-8-20(16(13-18)14-24)26-11-2-9-23(15-26)10-12-27(21(23)29)17-3-6-19(28)7-4-17/h5,8,13,17,19,28H,2-4,6-7,9-12,15H2,1H3,(H,30,31). The molecule has 1 aromatic rings.